The summed E-state index contributed by atoms with van der Waals surface area (Å²) in [6.07, 6.45) is 2.26. The van der Waals surface area contributed by atoms with Crippen LogP contribution in [0.3, 0.4) is 0 Å². The second-order valence-electron chi connectivity index (χ2n) is 4.96. The van der Waals surface area contributed by atoms with E-state index in [2.05, 4.69) is 15.8 Å². The van der Waals surface area contributed by atoms with E-state index in [1.165, 1.54) is 11.0 Å². The third kappa shape index (κ3) is 2.50. The minimum Gasteiger partial charge on any atom is -0.326 e. The van der Waals surface area contributed by atoms with Gasteiger partial charge in [-0.05, 0) is 37.1 Å². The Hall–Kier alpha value is -2.90. The number of fused-ring (bicyclic) bond motifs is 1. The lowest BCUT2D eigenvalue weighted by molar-refractivity contribution is -0.116. The van der Waals surface area contributed by atoms with E-state index in [1.807, 2.05) is 0 Å². The quantitative estimate of drug-likeness (QED) is 0.853. The first-order valence-electron chi connectivity index (χ1n) is 6.97. The number of hydrogen-bond acceptors (Lipinski definition) is 4. The van der Waals surface area contributed by atoms with Crippen LogP contribution in [0.5, 0.6) is 0 Å². The van der Waals surface area contributed by atoms with Crippen molar-refractivity contribution in [3.63, 3.8) is 0 Å². The summed E-state index contributed by atoms with van der Waals surface area (Å²) < 4.78 is 2.29. The molecule has 1 aliphatic heterocycles. The summed E-state index contributed by atoms with van der Waals surface area (Å²) in [5.41, 5.74) is 4.14. The molecule has 1 aromatic heterocycles. The molecule has 0 saturated carbocycles. The molecule has 0 bridgehead atoms. The molecule has 3 rings (SSSR count). The van der Waals surface area contributed by atoms with Crippen molar-refractivity contribution in [2.45, 2.75) is 26.3 Å². The third-order valence-electron chi connectivity index (χ3n) is 3.52. The molecule has 114 valence electrons. The maximum Gasteiger partial charge on any atom is 0.364 e. The molecule has 0 fully saturated rings. The Morgan fingerprint density at radius 3 is 2.91 bits per heavy atom. The maximum absolute atomic E-state index is 12.2. The molecule has 0 saturated heterocycles. The summed E-state index contributed by atoms with van der Waals surface area (Å²) >= 11 is 0. The molecule has 8 nitrogen and oxygen atoms in total. The monoisotopic (exact) mass is 301 g/mol. The van der Waals surface area contributed by atoms with Gasteiger partial charge in [-0.25, -0.2) is 9.48 Å². The van der Waals surface area contributed by atoms with E-state index in [9.17, 15) is 14.4 Å². The first-order chi connectivity index (χ1) is 10.6. The topological polar surface area (TPSA) is 98.0 Å². The maximum atomic E-state index is 12.2. The van der Waals surface area contributed by atoms with Gasteiger partial charge in [0.2, 0.25) is 5.91 Å². The number of benzene rings is 1. The first-order valence-corrected chi connectivity index (χ1v) is 6.97. The molecule has 2 heterocycles. The molecule has 0 unspecified atom stereocenters. The fourth-order valence-corrected chi connectivity index (χ4v) is 2.33. The number of anilines is 1. The van der Waals surface area contributed by atoms with Crippen LogP contribution in [0.4, 0.5) is 5.69 Å². The molecule has 22 heavy (non-hydrogen) atoms. The number of rotatable bonds is 3. The highest BCUT2D eigenvalue weighted by Crippen LogP contribution is 2.23. The van der Waals surface area contributed by atoms with Gasteiger partial charge in [0.15, 0.2) is 0 Å². The molecule has 8 heteroatoms. The van der Waals surface area contributed by atoms with Gasteiger partial charge in [-0.1, -0.05) is 0 Å². The average molecular weight is 301 g/mol. The Balaban J connectivity index is 1.82. The molecule has 0 spiro atoms. The Kier molecular flexibility index (Phi) is 3.50. The zero-order chi connectivity index (χ0) is 15.7. The zero-order valence-electron chi connectivity index (χ0n) is 12.0. The van der Waals surface area contributed by atoms with Crippen molar-refractivity contribution in [2.24, 2.45) is 0 Å². The summed E-state index contributed by atoms with van der Waals surface area (Å²) in [4.78, 5) is 35.4. The predicted octanol–water partition coefficient (Wildman–Crippen LogP) is 0.333. The van der Waals surface area contributed by atoms with Gasteiger partial charge in [0.1, 0.15) is 6.33 Å². The van der Waals surface area contributed by atoms with Gasteiger partial charge < -0.3 is 5.32 Å². The lowest BCUT2D eigenvalue weighted by Crippen LogP contribution is -2.34. The summed E-state index contributed by atoms with van der Waals surface area (Å²) in [6, 6.07) is 5.02. The highest BCUT2D eigenvalue weighted by molar-refractivity contribution is 6.01. The number of carbonyl (C=O) groups excluding carboxylic acids is 2. The smallest absolute Gasteiger partial charge is 0.326 e. The number of amides is 2. The van der Waals surface area contributed by atoms with Gasteiger partial charge >= 0.3 is 5.69 Å². The molecule has 1 aliphatic rings. The third-order valence-corrected chi connectivity index (χ3v) is 3.52. The zero-order valence-corrected chi connectivity index (χ0v) is 12.0. The lowest BCUT2D eigenvalue weighted by Gasteiger charge is -2.17. The number of nitrogens with zero attached hydrogens (tertiary/aromatic N) is 3. The van der Waals surface area contributed by atoms with Crippen molar-refractivity contribution in [3.05, 3.63) is 46.1 Å². The van der Waals surface area contributed by atoms with Crippen LogP contribution in [0.15, 0.2) is 29.3 Å². The summed E-state index contributed by atoms with van der Waals surface area (Å²) in [5, 5.41) is 6.62. The number of aromatic nitrogens is 3. The van der Waals surface area contributed by atoms with Crippen molar-refractivity contribution in [2.75, 3.05) is 10.7 Å². The minimum atomic E-state index is -0.405. The van der Waals surface area contributed by atoms with Crippen LogP contribution in [-0.4, -0.2) is 26.3 Å². The molecule has 2 aromatic rings. The van der Waals surface area contributed by atoms with Crippen LogP contribution in [0.25, 0.3) is 0 Å². The van der Waals surface area contributed by atoms with E-state index in [0.29, 0.717) is 24.9 Å². The molecular weight excluding hydrogens is 286 g/mol. The minimum absolute atomic E-state index is 0.0248. The highest BCUT2D eigenvalue weighted by Gasteiger charge is 2.17. The first kappa shape index (κ1) is 14.1. The summed E-state index contributed by atoms with van der Waals surface area (Å²) in [7, 11) is 0. The SMILES string of the molecule is CCn1ncn(NC(=O)c2ccc3c(c2)CCC(=O)N3)c1=O. The van der Waals surface area contributed by atoms with E-state index in [-0.39, 0.29) is 5.91 Å². The summed E-state index contributed by atoms with van der Waals surface area (Å²) in [6.45, 7) is 2.22. The van der Waals surface area contributed by atoms with Crippen molar-refractivity contribution < 1.29 is 9.59 Å². The molecular formula is C14H15N5O3. The van der Waals surface area contributed by atoms with E-state index >= 15 is 0 Å². The van der Waals surface area contributed by atoms with Crippen LogP contribution in [-0.2, 0) is 17.8 Å². The normalized spacial score (nSPS) is 13.4. The predicted molar refractivity (Wildman–Crippen MR) is 79.2 cm³/mol. The Morgan fingerprint density at radius 1 is 1.36 bits per heavy atom. The van der Waals surface area contributed by atoms with Crippen molar-refractivity contribution >= 4 is 17.5 Å². The molecule has 1 aromatic carbocycles. The van der Waals surface area contributed by atoms with Crippen LogP contribution in [0, 0.1) is 0 Å². The largest absolute Gasteiger partial charge is 0.364 e. The Morgan fingerprint density at radius 2 is 2.18 bits per heavy atom. The van der Waals surface area contributed by atoms with Crippen LogP contribution >= 0.6 is 0 Å². The van der Waals surface area contributed by atoms with E-state index in [1.54, 1.807) is 25.1 Å². The Bertz CT molecular complexity index is 805. The van der Waals surface area contributed by atoms with Gasteiger partial charge in [-0.15, -0.1) is 0 Å². The molecule has 0 aliphatic carbocycles. The van der Waals surface area contributed by atoms with Crippen molar-refractivity contribution in [1.82, 2.24) is 14.5 Å². The second-order valence-corrected chi connectivity index (χ2v) is 4.96. The molecule has 0 atom stereocenters. The highest BCUT2D eigenvalue weighted by atomic mass is 16.2. The second kappa shape index (κ2) is 5.47. The van der Waals surface area contributed by atoms with Crippen molar-refractivity contribution in [1.29, 1.82) is 0 Å². The molecule has 2 amide bonds. The van der Waals surface area contributed by atoms with Gasteiger partial charge in [0.25, 0.3) is 5.91 Å². The number of aryl methyl sites for hydroxylation is 2. The number of hydrogen-bond donors (Lipinski definition) is 2. The summed E-state index contributed by atoms with van der Waals surface area (Å²) in [5.74, 6) is -0.430. The average Bonchev–Trinajstić information content (AvgIpc) is 2.87. The van der Waals surface area contributed by atoms with Gasteiger partial charge in [0.05, 0.1) is 0 Å². The van der Waals surface area contributed by atoms with Crippen LogP contribution < -0.4 is 16.4 Å². The molecule has 2 N–H and O–H groups in total. The van der Waals surface area contributed by atoms with Gasteiger partial charge in [0, 0.05) is 24.2 Å². The fraction of sp³-hybridized carbons (Fsp3) is 0.286. The fourth-order valence-electron chi connectivity index (χ4n) is 2.33. The number of carbonyl (C=O) groups is 2. The van der Waals surface area contributed by atoms with E-state index in [0.717, 1.165) is 15.9 Å². The van der Waals surface area contributed by atoms with Crippen molar-refractivity contribution in [3.8, 4) is 0 Å². The van der Waals surface area contributed by atoms with Crippen LogP contribution in [0.2, 0.25) is 0 Å². The Labute approximate surface area is 125 Å². The van der Waals surface area contributed by atoms with Gasteiger partial charge in [-0.3, -0.25) is 15.0 Å². The molecule has 0 radical (unpaired) electrons. The standard InChI is InChI=1S/C14H15N5O3/c1-2-18-14(22)19(8-15-18)17-13(21)10-3-5-11-9(7-10)4-6-12(20)16-11/h3,5,7-8H,2,4,6H2,1H3,(H,16,20)(H,17,21). The lowest BCUT2D eigenvalue weighted by atomic mass is 10.0. The van der Waals surface area contributed by atoms with E-state index < -0.39 is 11.6 Å². The number of nitrogens with one attached hydrogen (secondary N) is 2. The van der Waals surface area contributed by atoms with Crippen LogP contribution in [0.1, 0.15) is 29.3 Å². The van der Waals surface area contributed by atoms with E-state index in [4.69, 9.17) is 0 Å². The van der Waals surface area contributed by atoms with Gasteiger partial charge in [-0.2, -0.15) is 9.77 Å².